The number of nitrogens with zero attached hydrogens (tertiary/aromatic N) is 2. The van der Waals surface area contributed by atoms with E-state index < -0.39 is 0 Å². The summed E-state index contributed by atoms with van der Waals surface area (Å²) in [6, 6.07) is 1.32. The normalized spacial score (nSPS) is 37.8. The van der Waals surface area contributed by atoms with E-state index >= 15 is 0 Å². The van der Waals surface area contributed by atoms with Crippen molar-refractivity contribution in [1.82, 2.24) is 15.5 Å². The standard InChI is InChI=1S/C18H34N4O.HI/c1-13-10-22(14-7-8-14)11-15(13)21-17(19-3)20-12-18(2)9-5-4-6-16(18)23;/h13-16,23H,4-12H2,1-3H3,(H2,19,20,21);1H. The van der Waals surface area contributed by atoms with Crippen molar-refractivity contribution in [3.8, 4) is 0 Å². The largest absolute Gasteiger partial charge is 0.392 e. The molecule has 4 unspecified atom stereocenters. The van der Waals surface area contributed by atoms with Crippen LogP contribution in [0.4, 0.5) is 0 Å². The predicted molar refractivity (Wildman–Crippen MR) is 110 cm³/mol. The molecule has 1 aliphatic heterocycles. The molecule has 0 bridgehead atoms. The van der Waals surface area contributed by atoms with Crippen molar-refractivity contribution >= 4 is 29.9 Å². The van der Waals surface area contributed by atoms with Gasteiger partial charge in [-0.25, -0.2) is 0 Å². The molecule has 2 saturated carbocycles. The molecule has 1 saturated heterocycles. The Bertz CT molecular complexity index is 443. The van der Waals surface area contributed by atoms with Crippen LogP contribution in [-0.2, 0) is 0 Å². The van der Waals surface area contributed by atoms with E-state index in [0.717, 1.165) is 44.4 Å². The number of aliphatic imine (C=N–C) groups is 1. The number of halogens is 1. The number of likely N-dealkylation sites (tertiary alicyclic amines) is 1. The molecule has 0 aromatic heterocycles. The van der Waals surface area contributed by atoms with Crippen molar-refractivity contribution in [1.29, 1.82) is 0 Å². The van der Waals surface area contributed by atoms with E-state index in [1.54, 1.807) is 0 Å². The summed E-state index contributed by atoms with van der Waals surface area (Å²) in [5, 5.41) is 17.4. The summed E-state index contributed by atoms with van der Waals surface area (Å²) in [5.41, 5.74) is -0.0305. The SMILES string of the molecule is CN=C(NCC1(C)CCCCC1O)NC1CN(C2CC2)CC1C.I. The Morgan fingerprint density at radius 2 is 2.00 bits per heavy atom. The third-order valence-corrected chi connectivity index (χ3v) is 6.19. The van der Waals surface area contributed by atoms with Gasteiger partial charge in [0.05, 0.1) is 6.10 Å². The van der Waals surface area contributed by atoms with Crippen LogP contribution in [0.5, 0.6) is 0 Å². The minimum atomic E-state index is -0.197. The molecular weight excluding hydrogens is 415 g/mol. The first-order valence-corrected chi connectivity index (χ1v) is 9.41. The molecule has 4 atom stereocenters. The van der Waals surface area contributed by atoms with Crippen LogP contribution < -0.4 is 10.6 Å². The molecule has 3 aliphatic rings. The number of rotatable bonds is 4. The van der Waals surface area contributed by atoms with Crippen LogP contribution in [0.2, 0.25) is 0 Å². The van der Waals surface area contributed by atoms with E-state index in [9.17, 15) is 5.11 Å². The van der Waals surface area contributed by atoms with Crippen molar-refractivity contribution in [2.75, 3.05) is 26.7 Å². The zero-order valence-electron chi connectivity index (χ0n) is 15.4. The van der Waals surface area contributed by atoms with Crippen molar-refractivity contribution in [3.63, 3.8) is 0 Å². The Morgan fingerprint density at radius 1 is 1.25 bits per heavy atom. The lowest BCUT2D eigenvalue weighted by Crippen LogP contribution is -2.51. The molecule has 5 nitrogen and oxygen atoms in total. The highest BCUT2D eigenvalue weighted by Crippen LogP contribution is 2.35. The zero-order chi connectivity index (χ0) is 16.4. The van der Waals surface area contributed by atoms with Crippen LogP contribution in [0, 0.1) is 11.3 Å². The summed E-state index contributed by atoms with van der Waals surface area (Å²) < 4.78 is 0. The lowest BCUT2D eigenvalue weighted by Gasteiger charge is -2.39. The average Bonchev–Trinajstić information content (AvgIpc) is 3.32. The highest BCUT2D eigenvalue weighted by Gasteiger charge is 2.39. The van der Waals surface area contributed by atoms with Gasteiger partial charge in [-0.15, -0.1) is 24.0 Å². The first kappa shape index (κ1) is 20.2. The summed E-state index contributed by atoms with van der Waals surface area (Å²) >= 11 is 0. The highest BCUT2D eigenvalue weighted by molar-refractivity contribution is 14.0. The second kappa shape index (κ2) is 8.54. The molecule has 24 heavy (non-hydrogen) atoms. The third-order valence-electron chi connectivity index (χ3n) is 6.19. The van der Waals surface area contributed by atoms with Crippen LogP contribution in [0.1, 0.15) is 52.4 Å². The van der Waals surface area contributed by atoms with Gasteiger partial charge in [-0.2, -0.15) is 0 Å². The fourth-order valence-corrected chi connectivity index (χ4v) is 4.17. The Kier molecular flexibility index (Phi) is 7.20. The van der Waals surface area contributed by atoms with Crippen LogP contribution in [0.25, 0.3) is 0 Å². The number of hydrogen-bond donors (Lipinski definition) is 3. The summed E-state index contributed by atoms with van der Waals surface area (Å²) in [4.78, 5) is 7.03. The van der Waals surface area contributed by atoms with E-state index in [-0.39, 0.29) is 35.5 Å². The van der Waals surface area contributed by atoms with E-state index in [0.29, 0.717) is 12.0 Å². The van der Waals surface area contributed by atoms with Gasteiger partial charge in [-0.1, -0.05) is 26.7 Å². The summed E-state index contributed by atoms with van der Waals surface area (Å²) in [6.45, 7) is 7.66. The van der Waals surface area contributed by atoms with Gasteiger partial charge in [0.25, 0.3) is 0 Å². The maximum absolute atomic E-state index is 10.3. The number of nitrogens with one attached hydrogen (secondary N) is 2. The first-order valence-electron chi connectivity index (χ1n) is 9.41. The minimum Gasteiger partial charge on any atom is -0.392 e. The second-order valence-electron chi connectivity index (χ2n) is 8.25. The van der Waals surface area contributed by atoms with E-state index in [2.05, 4.69) is 34.4 Å². The highest BCUT2D eigenvalue weighted by atomic mass is 127. The van der Waals surface area contributed by atoms with E-state index in [1.165, 1.54) is 25.8 Å². The number of hydrogen-bond acceptors (Lipinski definition) is 3. The molecule has 1 heterocycles. The van der Waals surface area contributed by atoms with Gasteiger partial charge in [-0.05, 0) is 31.6 Å². The third kappa shape index (κ3) is 4.75. The fraction of sp³-hybridized carbons (Fsp3) is 0.944. The zero-order valence-corrected chi connectivity index (χ0v) is 17.8. The van der Waals surface area contributed by atoms with Gasteiger partial charge in [0, 0.05) is 44.2 Å². The maximum Gasteiger partial charge on any atom is 0.191 e. The molecule has 3 N–H and O–H groups in total. The molecule has 0 aromatic rings. The van der Waals surface area contributed by atoms with Crippen molar-refractivity contribution in [3.05, 3.63) is 0 Å². The smallest absolute Gasteiger partial charge is 0.191 e. The van der Waals surface area contributed by atoms with Crippen LogP contribution in [0.3, 0.4) is 0 Å². The molecule has 3 rings (SSSR count). The number of guanidine groups is 1. The molecule has 0 radical (unpaired) electrons. The quantitative estimate of drug-likeness (QED) is 0.349. The van der Waals surface area contributed by atoms with Crippen molar-refractivity contribution in [2.45, 2.75) is 70.6 Å². The van der Waals surface area contributed by atoms with Gasteiger partial charge in [0.15, 0.2) is 5.96 Å². The molecule has 3 fully saturated rings. The van der Waals surface area contributed by atoms with Crippen LogP contribution in [0.15, 0.2) is 4.99 Å². The summed E-state index contributed by atoms with van der Waals surface area (Å²) in [5.74, 6) is 1.54. The molecular formula is C18H35IN4O. The van der Waals surface area contributed by atoms with Gasteiger partial charge in [0.2, 0.25) is 0 Å². The lowest BCUT2D eigenvalue weighted by atomic mass is 9.73. The van der Waals surface area contributed by atoms with Crippen molar-refractivity contribution in [2.24, 2.45) is 16.3 Å². The Labute approximate surface area is 164 Å². The Morgan fingerprint density at radius 3 is 2.62 bits per heavy atom. The minimum absolute atomic E-state index is 0. The molecule has 6 heteroatoms. The molecule has 140 valence electrons. The number of aliphatic hydroxyl groups excluding tert-OH is 1. The topological polar surface area (TPSA) is 59.9 Å². The van der Waals surface area contributed by atoms with Gasteiger partial charge < -0.3 is 15.7 Å². The lowest BCUT2D eigenvalue weighted by molar-refractivity contribution is 0.00395. The molecule has 0 spiro atoms. The fourth-order valence-electron chi connectivity index (χ4n) is 4.17. The number of aliphatic hydroxyl groups is 1. The maximum atomic E-state index is 10.3. The molecule has 2 aliphatic carbocycles. The van der Waals surface area contributed by atoms with E-state index in [4.69, 9.17) is 0 Å². The monoisotopic (exact) mass is 450 g/mol. The molecule has 0 amide bonds. The van der Waals surface area contributed by atoms with Gasteiger partial charge >= 0.3 is 0 Å². The summed E-state index contributed by atoms with van der Waals surface area (Å²) in [6.07, 6.45) is 6.95. The van der Waals surface area contributed by atoms with Crippen LogP contribution in [-0.4, -0.2) is 60.8 Å². The van der Waals surface area contributed by atoms with E-state index in [1.807, 2.05) is 7.05 Å². The molecule has 0 aromatic carbocycles. The van der Waals surface area contributed by atoms with Gasteiger partial charge in [0.1, 0.15) is 0 Å². The summed E-state index contributed by atoms with van der Waals surface area (Å²) in [7, 11) is 1.84. The van der Waals surface area contributed by atoms with Crippen molar-refractivity contribution < 1.29 is 5.11 Å². The Balaban J connectivity index is 0.00000208. The van der Waals surface area contributed by atoms with Crippen LogP contribution >= 0.6 is 24.0 Å². The first-order chi connectivity index (χ1) is 11.0. The van der Waals surface area contributed by atoms with Gasteiger partial charge in [-0.3, -0.25) is 9.89 Å². The second-order valence-corrected chi connectivity index (χ2v) is 8.25. The average molecular weight is 450 g/mol. The predicted octanol–water partition coefficient (Wildman–Crippen LogP) is 2.19. The Hall–Kier alpha value is -0.0800.